The summed E-state index contributed by atoms with van der Waals surface area (Å²) in [5, 5.41) is 5.88. The average molecular weight is 357 g/mol. The van der Waals surface area contributed by atoms with Crippen molar-refractivity contribution in [2.45, 2.75) is 12.5 Å². The fourth-order valence-corrected chi connectivity index (χ4v) is 2.36. The normalized spacial score (nSPS) is 22.2. The van der Waals surface area contributed by atoms with Crippen molar-refractivity contribution in [3.63, 3.8) is 0 Å². The summed E-state index contributed by atoms with van der Waals surface area (Å²) in [6, 6.07) is -0.289. The maximum absolute atomic E-state index is 12.0. The molecule has 7 nitrogen and oxygen atoms in total. The first kappa shape index (κ1) is 21.4. The fourth-order valence-electron chi connectivity index (χ4n) is 2.36. The maximum atomic E-state index is 12.0. The molecule has 0 aromatic rings. The minimum Gasteiger partial charge on any atom is -0.378 e. The highest BCUT2D eigenvalue weighted by Gasteiger charge is 2.22. The van der Waals surface area contributed by atoms with Crippen LogP contribution in [0.4, 0.5) is 0 Å². The van der Waals surface area contributed by atoms with E-state index in [1.54, 1.807) is 0 Å². The molecule has 0 aliphatic carbocycles. The summed E-state index contributed by atoms with van der Waals surface area (Å²) in [4.78, 5) is 27.9. The Kier molecular flexibility index (Phi) is 10.7. The van der Waals surface area contributed by atoms with Crippen LogP contribution in [0, 0.1) is 0 Å². The first-order valence-corrected chi connectivity index (χ1v) is 7.22. The smallest absolute Gasteiger partial charge is 0.239 e. The molecular formula is C13H26Cl2N4O3. The number of rotatable bonds is 4. The summed E-state index contributed by atoms with van der Waals surface area (Å²) in [5.74, 6) is 0.0298. The molecule has 0 saturated carbocycles. The molecule has 0 bridgehead atoms. The lowest BCUT2D eigenvalue weighted by Gasteiger charge is -2.32. The number of hydrogen-bond donors (Lipinski definition) is 2. The largest absolute Gasteiger partial charge is 0.378 e. The van der Waals surface area contributed by atoms with Crippen molar-refractivity contribution < 1.29 is 14.3 Å². The third kappa shape index (κ3) is 6.66. The van der Waals surface area contributed by atoms with Gasteiger partial charge in [0.2, 0.25) is 11.8 Å². The second kappa shape index (κ2) is 11.0. The van der Waals surface area contributed by atoms with Gasteiger partial charge >= 0.3 is 0 Å². The van der Waals surface area contributed by atoms with E-state index in [9.17, 15) is 9.59 Å². The molecule has 0 aromatic carbocycles. The van der Waals surface area contributed by atoms with Gasteiger partial charge < -0.3 is 25.2 Å². The number of halogens is 2. The summed E-state index contributed by atoms with van der Waals surface area (Å²) >= 11 is 0. The number of morpholine rings is 1. The lowest BCUT2D eigenvalue weighted by molar-refractivity contribution is -0.132. The highest BCUT2D eigenvalue weighted by Crippen LogP contribution is 2.01. The van der Waals surface area contributed by atoms with Crippen molar-refractivity contribution in [3.8, 4) is 0 Å². The summed E-state index contributed by atoms with van der Waals surface area (Å²) < 4.78 is 5.23. The molecular weight excluding hydrogens is 331 g/mol. The SMILES string of the molecule is CN1CCN(C(=O)CCNC(=O)C2COCCN2)CC1.Cl.Cl. The van der Waals surface area contributed by atoms with Crippen LogP contribution < -0.4 is 10.6 Å². The van der Waals surface area contributed by atoms with Crippen molar-refractivity contribution in [1.82, 2.24) is 20.4 Å². The number of amides is 2. The molecule has 2 fully saturated rings. The van der Waals surface area contributed by atoms with Crippen molar-refractivity contribution >= 4 is 36.6 Å². The Morgan fingerprint density at radius 2 is 1.91 bits per heavy atom. The van der Waals surface area contributed by atoms with E-state index in [-0.39, 0.29) is 42.7 Å². The molecule has 1 unspecified atom stereocenters. The molecule has 9 heteroatoms. The molecule has 130 valence electrons. The van der Waals surface area contributed by atoms with Gasteiger partial charge in [0, 0.05) is 45.7 Å². The Morgan fingerprint density at radius 3 is 2.50 bits per heavy atom. The Morgan fingerprint density at radius 1 is 1.23 bits per heavy atom. The van der Waals surface area contributed by atoms with E-state index in [0.717, 1.165) is 26.2 Å². The first-order chi connectivity index (χ1) is 9.66. The van der Waals surface area contributed by atoms with E-state index in [1.807, 2.05) is 4.90 Å². The number of carbonyl (C=O) groups is 2. The Bertz CT molecular complexity index is 346. The first-order valence-electron chi connectivity index (χ1n) is 7.22. The van der Waals surface area contributed by atoms with Crippen LogP contribution in [0.3, 0.4) is 0 Å². The van der Waals surface area contributed by atoms with E-state index >= 15 is 0 Å². The zero-order chi connectivity index (χ0) is 14.4. The molecule has 0 spiro atoms. The van der Waals surface area contributed by atoms with E-state index in [0.29, 0.717) is 32.7 Å². The topological polar surface area (TPSA) is 73.9 Å². The van der Waals surface area contributed by atoms with Crippen LogP contribution in [0.5, 0.6) is 0 Å². The third-order valence-corrected chi connectivity index (χ3v) is 3.73. The molecule has 2 rings (SSSR count). The number of nitrogens with zero attached hydrogens (tertiary/aromatic N) is 2. The quantitative estimate of drug-likeness (QED) is 0.682. The van der Waals surface area contributed by atoms with Gasteiger partial charge in [-0.15, -0.1) is 24.8 Å². The molecule has 2 aliphatic heterocycles. The minimum absolute atomic E-state index is 0. The zero-order valence-electron chi connectivity index (χ0n) is 12.9. The van der Waals surface area contributed by atoms with Crippen LogP contribution in [-0.2, 0) is 14.3 Å². The van der Waals surface area contributed by atoms with E-state index in [1.165, 1.54) is 0 Å². The van der Waals surface area contributed by atoms with Crippen LogP contribution in [0.15, 0.2) is 0 Å². The van der Waals surface area contributed by atoms with E-state index in [4.69, 9.17) is 4.74 Å². The molecule has 2 saturated heterocycles. The molecule has 2 aliphatic rings. The van der Waals surface area contributed by atoms with Gasteiger partial charge in [-0.2, -0.15) is 0 Å². The standard InChI is InChI=1S/C13H24N4O3.2ClH/c1-16-5-7-17(8-6-16)12(18)2-3-15-13(19)11-10-20-9-4-14-11;;/h11,14H,2-10H2,1H3,(H,15,19);2*1H. The highest BCUT2D eigenvalue weighted by molar-refractivity contribution is 5.85. The molecule has 1 atom stereocenters. The molecule has 0 aromatic heterocycles. The van der Waals surface area contributed by atoms with Gasteiger partial charge in [0.05, 0.1) is 13.2 Å². The molecule has 2 amide bonds. The molecule has 22 heavy (non-hydrogen) atoms. The fraction of sp³-hybridized carbons (Fsp3) is 0.846. The second-order valence-electron chi connectivity index (χ2n) is 5.31. The van der Waals surface area contributed by atoms with E-state index in [2.05, 4.69) is 22.6 Å². The van der Waals surface area contributed by atoms with Gasteiger partial charge in [-0.1, -0.05) is 0 Å². The lowest BCUT2D eigenvalue weighted by Crippen LogP contribution is -2.52. The van der Waals surface area contributed by atoms with Gasteiger partial charge in [-0.05, 0) is 7.05 Å². The number of ether oxygens (including phenoxy) is 1. The van der Waals surface area contributed by atoms with Gasteiger partial charge in [-0.3, -0.25) is 9.59 Å². The van der Waals surface area contributed by atoms with Crippen molar-refractivity contribution in [2.24, 2.45) is 0 Å². The van der Waals surface area contributed by atoms with Crippen molar-refractivity contribution in [2.75, 3.05) is 59.5 Å². The van der Waals surface area contributed by atoms with Crippen LogP contribution >= 0.6 is 24.8 Å². The maximum Gasteiger partial charge on any atom is 0.239 e. The number of likely N-dealkylation sites (N-methyl/N-ethyl adjacent to an activating group) is 1. The Labute approximate surface area is 143 Å². The molecule has 0 radical (unpaired) electrons. The summed E-state index contributed by atoms with van der Waals surface area (Å²) in [6.45, 7) is 5.52. The zero-order valence-corrected chi connectivity index (χ0v) is 14.5. The van der Waals surface area contributed by atoms with Gasteiger partial charge in [0.1, 0.15) is 6.04 Å². The van der Waals surface area contributed by atoms with Gasteiger partial charge in [0.15, 0.2) is 0 Å². The predicted octanol–water partition coefficient (Wildman–Crippen LogP) is -0.901. The predicted molar refractivity (Wildman–Crippen MR) is 88.8 cm³/mol. The molecule has 2 N–H and O–H groups in total. The molecule has 2 heterocycles. The van der Waals surface area contributed by atoms with Crippen LogP contribution in [0.1, 0.15) is 6.42 Å². The lowest BCUT2D eigenvalue weighted by atomic mass is 10.2. The number of piperazine rings is 1. The highest BCUT2D eigenvalue weighted by atomic mass is 35.5. The summed E-state index contributed by atoms with van der Waals surface area (Å²) in [7, 11) is 2.06. The van der Waals surface area contributed by atoms with Crippen molar-refractivity contribution in [3.05, 3.63) is 0 Å². The Hall–Kier alpha value is -0.600. The van der Waals surface area contributed by atoms with Crippen LogP contribution in [0.25, 0.3) is 0 Å². The minimum atomic E-state index is -0.289. The second-order valence-corrected chi connectivity index (χ2v) is 5.31. The summed E-state index contributed by atoms with van der Waals surface area (Å²) in [5.41, 5.74) is 0. The van der Waals surface area contributed by atoms with Crippen molar-refractivity contribution in [1.29, 1.82) is 0 Å². The number of hydrogen-bond acceptors (Lipinski definition) is 5. The van der Waals surface area contributed by atoms with E-state index < -0.39 is 0 Å². The van der Waals surface area contributed by atoms with Gasteiger partial charge in [0.25, 0.3) is 0 Å². The Balaban J connectivity index is 0.00000220. The summed E-state index contributed by atoms with van der Waals surface area (Å²) in [6.07, 6.45) is 0.364. The number of nitrogens with one attached hydrogen (secondary N) is 2. The third-order valence-electron chi connectivity index (χ3n) is 3.73. The van der Waals surface area contributed by atoms with Crippen LogP contribution in [0.2, 0.25) is 0 Å². The number of carbonyl (C=O) groups excluding carboxylic acids is 2. The average Bonchev–Trinajstić information content (AvgIpc) is 2.48. The van der Waals surface area contributed by atoms with Gasteiger partial charge in [-0.25, -0.2) is 0 Å². The van der Waals surface area contributed by atoms with Crippen LogP contribution in [-0.4, -0.2) is 87.2 Å². The monoisotopic (exact) mass is 356 g/mol.